The lowest BCUT2D eigenvalue weighted by Gasteiger charge is -2.34. The Hall–Kier alpha value is -1.35. The van der Waals surface area contributed by atoms with Crippen LogP contribution in [0, 0.1) is 13.8 Å². The zero-order valence-electron chi connectivity index (χ0n) is 14.4. The van der Waals surface area contributed by atoms with E-state index in [1.807, 2.05) is 31.9 Å². The van der Waals surface area contributed by atoms with Crippen molar-refractivity contribution in [2.45, 2.75) is 53.0 Å². The minimum Gasteiger partial charge on any atom is -0.314 e. The Labute approximate surface area is 129 Å². The van der Waals surface area contributed by atoms with Gasteiger partial charge in [0.25, 0.3) is 0 Å². The van der Waals surface area contributed by atoms with Crippen LogP contribution in [0.15, 0.2) is 18.2 Å². The molecule has 1 fully saturated rings. The van der Waals surface area contributed by atoms with E-state index in [0.29, 0.717) is 0 Å². The van der Waals surface area contributed by atoms with Crippen LogP contribution in [-0.2, 0) is 4.79 Å². The molecule has 1 aliphatic rings. The van der Waals surface area contributed by atoms with Gasteiger partial charge >= 0.3 is 0 Å². The number of carbonyl (C=O) groups excluding carboxylic acids is 1. The van der Waals surface area contributed by atoms with E-state index in [1.165, 1.54) is 6.42 Å². The van der Waals surface area contributed by atoms with Gasteiger partial charge in [-0.3, -0.25) is 9.69 Å². The molecular weight excluding hydrogens is 260 g/mol. The summed E-state index contributed by atoms with van der Waals surface area (Å²) in [6.45, 7) is 9.16. The summed E-state index contributed by atoms with van der Waals surface area (Å²) < 4.78 is 0. The Bertz CT molecular complexity index is 450. The molecule has 0 N–H and O–H groups in total. The minimum atomic E-state index is 0.0396. The van der Waals surface area contributed by atoms with Crippen LogP contribution >= 0.6 is 0 Å². The molecule has 0 aromatic heterocycles. The first-order valence-corrected chi connectivity index (χ1v) is 8.06. The Morgan fingerprint density at radius 1 is 1.19 bits per heavy atom. The second kappa shape index (κ2) is 8.18. The average molecular weight is 290 g/mol. The SMILES string of the molecule is CC.Cc1cccc(C)c1N(C)C(=O)C1CCCCN1C. The van der Waals surface area contributed by atoms with Crippen LogP contribution in [0.2, 0.25) is 0 Å². The molecule has 0 aliphatic carbocycles. The van der Waals surface area contributed by atoms with Crippen molar-refractivity contribution in [2.75, 3.05) is 25.5 Å². The summed E-state index contributed by atoms with van der Waals surface area (Å²) in [5, 5.41) is 0. The molecule has 118 valence electrons. The van der Waals surface area contributed by atoms with E-state index in [1.54, 1.807) is 0 Å². The van der Waals surface area contributed by atoms with Crippen LogP contribution in [0.1, 0.15) is 44.2 Å². The van der Waals surface area contributed by atoms with Gasteiger partial charge in [-0.25, -0.2) is 0 Å². The number of hydrogen-bond donors (Lipinski definition) is 0. The summed E-state index contributed by atoms with van der Waals surface area (Å²) >= 11 is 0. The van der Waals surface area contributed by atoms with Gasteiger partial charge in [0.05, 0.1) is 6.04 Å². The highest BCUT2D eigenvalue weighted by atomic mass is 16.2. The maximum atomic E-state index is 12.7. The Morgan fingerprint density at radius 3 is 2.29 bits per heavy atom. The first kappa shape index (κ1) is 17.7. The summed E-state index contributed by atoms with van der Waals surface area (Å²) in [6, 6.07) is 6.21. The molecule has 2 rings (SSSR count). The van der Waals surface area contributed by atoms with Crippen LogP contribution in [0.4, 0.5) is 5.69 Å². The molecule has 1 aromatic carbocycles. The Kier molecular flexibility index (Phi) is 6.90. The van der Waals surface area contributed by atoms with Crippen molar-refractivity contribution < 1.29 is 4.79 Å². The van der Waals surface area contributed by atoms with Crippen molar-refractivity contribution in [3.63, 3.8) is 0 Å². The van der Waals surface area contributed by atoms with E-state index in [-0.39, 0.29) is 11.9 Å². The standard InChI is InChI=1S/C16H24N2O.C2H6/c1-12-8-7-9-13(2)15(12)18(4)16(19)14-10-5-6-11-17(14)3;1-2/h7-9,14H,5-6,10-11H2,1-4H3;1-2H3. The fraction of sp³-hybridized carbons (Fsp3) is 0.611. The smallest absolute Gasteiger partial charge is 0.244 e. The molecule has 1 amide bonds. The van der Waals surface area contributed by atoms with Gasteiger partial charge in [0.15, 0.2) is 0 Å². The molecule has 0 saturated carbocycles. The number of benzene rings is 1. The predicted molar refractivity (Wildman–Crippen MR) is 90.9 cm³/mol. The normalized spacial score (nSPS) is 18.7. The lowest BCUT2D eigenvalue weighted by atomic mass is 10.0. The number of rotatable bonds is 2. The highest BCUT2D eigenvalue weighted by molar-refractivity contribution is 5.98. The molecule has 1 unspecified atom stereocenters. The third-order valence-electron chi connectivity index (χ3n) is 4.16. The third-order valence-corrected chi connectivity index (χ3v) is 4.16. The first-order chi connectivity index (χ1) is 10.0. The van der Waals surface area contributed by atoms with E-state index in [9.17, 15) is 4.79 Å². The van der Waals surface area contributed by atoms with Crippen molar-refractivity contribution in [2.24, 2.45) is 0 Å². The van der Waals surface area contributed by atoms with Crippen molar-refractivity contribution >= 4 is 11.6 Å². The number of likely N-dealkylation sites (tertiary alicyclic amines) is 1. The summed E-state index contributed by atoms with van der Waals surface area (Å²) in [7, 11) is 3.96. The molecular formula is C18H30N2O. The van der Waals surface area contributed by atoms with E-state index in [0.717, 1.165) is 36.2 Å². The van der Waals surface area contributed by atoms with E-state index in [2.05, 4.69) is 37.9 Å². The molecule has 3 nitrogen and oxygen atoms in total. The lowest BCUT2D eigenvalue weighted by molar-refractivity contribution is -0.124. The number of amides is 1. The second-order valence-corrected chi connectivity index (χ2v) is 5.63. The summed E-state index contributed by atoms with van der Waals surface area (Å²) in [5.74, 6) is 0.222. The second-order valence-electron chi connectivity index (χ2n) is 5.63. The minimum absolute atomic E-state index is 0.0396. The van der Waals surface area contributed by atoms with Gasteiger partial charge in [-0.2, -0.15) is 0 Å². The number of nitrogens with zero attached hydrogens (tertiary/aromatic N) is 2. The van der Waals surface area contributed by atoms with Gasteiger partial charge in [0.2, 0.25) is 5.91 Å². The molecule has 21 heavy (non-hydrogen) atoms. The zero-order chi connectivity index (χ0) is 16.0. The monoisotopic (exact) mass is 290 g/mol. The quantitative estimate of drug-likeness (QED) is 0.827. The summed E-state index contributed by atoms with van der Waals surface area (Å²) in [6.07, 6.45) is 3.33. The average Bonchev–Trinajstić information content (AvgIpc) is 2.49. The van der Waals surface area contributed by atoms with Crippen LogP contribution in [0.25, 0.3) is 0 Å². The molecule has 1 atom stereocenters. The molecule has 3 heteroatoms. The molecule has 0 radical (unpaired) electrons. The van der Waals surface area contributed by atoms with Crippen LogP contribution in [0.3, 0.4) is 0 Å². The molecule has 1 aliphatic heterocycles. The van der Waals surface area contributed by atoms with E-state index >= 15 is 0 Å². The van der Waals surface area contributed by atoms with Gasteiger partial charge in [-0.15, -0.1) is 0 Å². The number of hydrogen-bond acceptors (Lipinski definition) is 2. The number of carbonyl (C=O) groups is 1. The summed E-state index contributed by atoms with van der Waals surface area (Å²) in [5.41, 5.74) is 3.38. The Morgan fingerprint density at radius 2 is 1.76 bits per heavy atom. The molecule has 1 aromatic rings. The number of piperidine rings is 1. The van der Waals surface area contributed by atoms with E-state index in [4.69, 9.17) is 0 Å². The molecule has 0 spiro atoms. The van der Waals surface area contributed by atoms with Crippen LogP contribution in [-0.4, -0.2) is 37.5 Å². The molecule has 1 heterocycles. The fourth-order valence-electron chi connectivity index (χ4n) is 3.06. The summed E-state index contributed by atoms with van der Waals surface area (Å²) in [4.78, 5) is 16.7. The van der Waals surface area contributed by atoms with Crippen LogP contribution < -0.4 is 4.90 Å². The number of anilines is 1. The van der Waals surface area contributed by atoms with Crippen molar-refractivity contribution in [3.05, 3.63) is 29.3 Å². The van der Waals surface area contributed by atoms with Crippen molar-refractivity contribution in [1.29, 1.82) is 0 Å². The van der Waals surface area contributed by atoms with Crippen molar-refractivity contribution in [3.8, 4) is 0 Å². The fourth-order valence-corrected chi connectivity index (χ4v) is 3.06. The zero-order valence-corrected chi connectivity index (χ0v) is 14.4. The van der Waals surface area contributed by atoms with Gasteiger partial charge in [-0.05, 0) is 51.4 Å². The maximum absolute atomic E-state index is 12.7. The molecule has 1 saturated heterocycles. The number of para-hydroxylation sites is 1. The predicted octanol–water partition coefficient (Wildman–Crippen LogP) is 3.78. The first-order valence-electron chi connectivity index (χ1n) is 8.06. The van der Waals surface area contributed by atoms with Gasteiger partial charge in [-0.1, -0.05) is 38.5 Å². The number of likely N-dealkylation sites (N-methyl/N-ethyl adjacent to an activating group) is 2. The number of aryl methyl sites for hydroxylation is 2. The third kappa shape index (κ3) is 4.07. The maximum Gasteiger partial charge on any atom is 0.244 e. The topological polar surface area (TPSA) is 23.6 Å². The van der Waals surface area contributed by atoms with Crippen molar-refractivity contribution in [1.82, 2.24) is 4.90 Å². The van der Waals surface area contributed by atoms with Gasteiger partial charge in [0, 0.05) is 12.7 Å². The molecule has 0 bridgehead atoms. The van der Waals surface area contributed by atoms with E-state index < -0.39 is 0 Å². The lowest BCUT2D eigenvalue weighted by Crippen LogP contribution is -2.48. The van der Waals surface area contributed by atoms with Crippen LogP contribution in [0.5, 0.6) is 0 Å². The van der Waals surface area contributed by atoms with Gasteiger partial charge < -0.3 is 4.90 Å². The highest BCUT2D eigenvalue weighted by Crippen LogP contribution is 2.26. The Balaban J connectivity index is 0.00000106. The van der Waals surface area contributed by atoms with Gasteiger partial charge in [0.1, 0.15) is 0 Å². The largest absolute Gasteiger partial charge is 0.314 e. The highest BCUT2D eigenvalue weighted by Gasteiger charge is 2.29.